The predicted octanol–water partition coefficient (Wildman–Crippen LogP) is 1.22. The molecule has 1 N–H and O–H groups in total. The zero-order valence-corrected chi connectivity index (χ0v) is 11.1. The number of β-amino-alcohol motifs (C(OH)–C–C–N with tert-alkyl or cyclic N) is 1. The van der Waals surface area contributed by atoms with Crippen LogP contribution < -0.4 is 9.64 Å². The highest BCUT2D eigenvalue weighted by Gasteiger charge is 2.52. The molecule has 0 unspecified atom stereocenters. The molecule has 19 heavy (non-hydrogen) atoms. The number of ether oxygens (including phenoxy) is 1. The molecule has 2 aliphatic rings. The van der Waals surface area contributed by atoms with Crippen molar-refractivity contribution >= 4 is 5.95 Å². The topological polar surface area (TPSA) is 58.5 Å². The second-order valence-electron chi connectivity index (χ2n) is 5.57. The monoisotopic (exact) mass is 267 g/mol. The van der Waals surface area contributed by atoms with Gasteiger partial charge in [0.25, 0.3) is 5.88 Å². The van der Waals surface area contributed by atoms with Crippen molar-refractivity contribution in [2.24, 2.45) is 11.8 Å². The number of aromatic nitrogens is 2. The molecule has 5 nitrogen and oxygen atoms in total. The van der Waals surface area contributed by atoms with Gasteiger partial charge in [-0.1, -0.05) is 6.92 Å². The number of hydrogen-bond acceptors (Lipinski definition) is 5. The molecule has 0 amide bonds. The molecule has 0 spiro atoms. The highest BCUT2D eigenvalue weighted by Crippen LogP contribution is 2.47. The van der Waals surface area contributed by atoms with Crippen LogP contribution in [0.15, 0.2) is 6.20 Å². The highest BCUT2D eigenvalue weighted by molar-refractivity contribution is 5.37. The van der Waals surface area contributed by atoms with Crippen LogP contribution in [-0.4, -0.2) is 40.9 Å². The fourth-order valence-electron chi connectivity index (χ4n) is 2.92. The SMILES string of the molecule is COc1nc(N2C[C@@H](C)[C@](O)(C3CC3)C2)ncc1F. The second-order valence-corrected chi connectivity index (χ2v) is 5.57. The second kappa shape index (κ2) is 4.30. The van der Waals surface area contributed by atoms with E-state index in [4.69, 9.17) is 4.74 Å². The lowest BCUT2D eigenvalue weighted by atomic mass is 9.88. The summed E-state index contributed by atoms with van der Waals surface area (Å²) in [5, 5.41) is 10.7. The lowest BCUT2D eigenvalue weighted by Crippen LogP contribution is -2.39. The molecule has 1 aromatic rings. The molecule has 2 atom stereocenters. The molecule has 2 fully saturated rings. The van der Waals surface area contributed by atoms with Crippen molar-refractivity contribution in [1.82, 2.24) is 9.97 Å². The predicted molar refractivity (Wildman–Crippen MR) is 67.6 cm³/mol. The van der Waals surface area contributed by atoms with E-state index < -0.39 is 11.4 Å². The van der Waals surface area contributed by atoms with Crippen LogP contribution >= 0.6 is 0 Å². The summed E-state index contributed by atoms with van der Waals surface area (Å²) in [4.78, 5) is 9.96. The van der Waals surface area contributed by atoms with Gasteiger partial charge in [-0.15, -0.1) is 0 Å². The van der Waals surface area contributed by atoms with Gasteiger partial charge in [-0.2, -0.15) is 9.37 Å². The molecule has 1 saturated heterocycles. The Morgan fingerprint density at radius 1 is 1.53 bits per heavy atom. The third-order valence-corrected chi connectivity index (χ3v) is 4.25. The summed E-state index contributed by atoms with van der Waals surface area (Å²) in [5.41, 5.74) is -0.662. The molecule has 1 aliphatic heterocycles. The Hall–Kier alpha value is -1.43. The van der Waals surface area contributed by atoms with E-state index >= 15 is 0 Å². The summed E-state index contributed by atoms with van der Waals surface area (Å²) in [6.07, 6.45) is 3.28. The molecule has 104 valence electrons. The number of halogens is 1. The van der Waals surface area contributed by atoms with Gasteiger partial charge >= 0.3 is 0 Å². The van der Waals surface area contributed by atoms with Crippen LogP contribution in [0.4, 0.5) is 10.3 Å². The van der Waals surface area contributed by atoms with E-state index in [-0.39, 0.29) is 11.8 Å². The summed E-state index contributed by atoms with van der Waals surface area (Å²) in [6, 6.07) is 0. The first-order chi connectivity index (χ1) is 9.04. The van der Waals surface area contributed by atoms with Gasteiger partial charge in [-0.05, 0) is 18.8 Å². The first kappa shape index (κ1) is 12.6. The van der Waals surface area contributed by atoms with Gasteiger partial charge in [-0.25, -0.2) is 4.98 Å². The van der Waals surface area contributed by atoms with Crippen LogP contribution in [0.25, 0.3) is 0 Å². The fraction of sp³-hybridized carbons (Fsp3) is 0.692. The largest absolute Gasteiger partial charge is 0.479 e. The lowest BCUT2D eigenvalue weighted by molar-refractivity contribution is 0.00278. The van der Waals surface area contributed by atoms with Crippen LogP contribution in [0.3, 0.4) is 0 Å². The Morgan fingerprint density at radius 2 is 2.26 bits per heavy atom. The van der Waals surface area contributed by atoms with Gasteiger partial charge < -0.3 is 14.7 Å². The van der Waals surface area contributed by atoms with E-state index in [1.54, 1.807) is 0 Å². The molecule has 1 aliphatic carbocycles. The number of nitrogens with zero attached hydrogens (tertiary/aromatic N) is 3. The van der Waals surface area contributed by atoms with Crippen LogP contribution in [0.5, 0.6) is 5.88 Å². The average Bonchev–Trinajstić information content (AvgIpc) is 3.19. The zero-order valence-electron chi connectivity index (χ0n) is 11.1. The molecule has 0 radical (unpaired) electrons. The maximum absolute atomic E-state index is 13.3. The van der Waals surface area contributed by atoms with Crippen LogP contribution in [-0.2, 0) is 0 Å². The molecular weight excluding hydrogens is 249 g/mol. The summed E-state index contributed by atoms with van der Waals surface area (Å²) in [5.74, 6) is 0.339. The summed E-state index contributed by atoms with van der Waals surface area (Å²) in [7, 11) is 1.38. The molecular formula is C13H18FN3O2. The van der Waals surface area contributed by atoms with Gasteiger partial charge in [0.2, 0.25) is 11.8 Å². The van der Waals surface area contributed by atoms with E-state index in [1.807, 2.05) is 11.8 Å². The average molecular weight is 267 g/mol. The smallest absolute Gasteiger partial charge is 0.255 e. The Labute approximate surface area is 111 Å². The van der Waals surface area contributed by atoms with Crippen molar-refractivity contribution in [3.05, 3.63) is 12.0 Å². The fourth-order valence-corrected chi connectivity index (χ4v) is 2.92. The van der Waals surface area contributed by atoms with Gasteiger partial charge in [0.1, 0.15) is 0 Å². The number of hydrogen-bond donors (Lipinski definition) is 1. The van der Waals surface area contributed by atoms with E-state index in [1.165, 1.54) is 7.11 Å². The Balaban J connectivity index is 1.84. The summed E-state index contributed by atoms with van der Waals surface area (Å²) < 4.78 is 18.2. The minimum atomic E-state index is -0.662. The van der Waals surface area contributed by atoms with E-state index in [2.05, 4.69) is 9.97 Å². The molecule has 3 rings (SSSR count). The van der Waals surface area contributed by atoms with Crippen molar-refractivity contribution < 1.29 is 14.2 Å². The Kier molecular flexibility index (Phi) is 2.85. The quantitative estimate of drug-likeness (QED) is 0.892. The van der Waals surface area contributed by atoms with Crippen LogP contribution in [0, 0.1) is 17.7 Å². The van der Waals surface area contributed by atoms with Crippen molar-refractivity contribution in [2.75, 3.05) is 25.1 Å². The minimum Gasteiger partial charge on any atom is -0.479 e. The number of anilines is 1. The third kappa shape index (κ3) is 2.04. The zero-order chi connectivity index (χ0) is 13.6. The Bertz CT molecular complexity index is 495. The number of aliphatic hydroxyl groups is 1. The van der Waals surface area contributed by atoms with Gasteiger partial charge in [0.15, 0.2) is 0 Å². The minimum absolute atomic E-state index is 0.0560. The first-order valence-corrected chi connectivity index (χ1v) is 6.58. The van der Waals surface area contributed by atoms with Gasteiger partial charge in [0.05, 0.1) is 25.5 Å². The molecule has 1 saturated carbocycles. The number of methoxy groups -OCH3 is 1. The van der Waals surface area contributed by atoms with Crippen molar-refractivity contribution in [3.8, 4) is 5.88 Å². The van der Waals surface area contributed by atoms with Crippen LogP contribution in [0.1, 0.15) is 19.8 Å². The van der Waals surface area contributed by atoms with Crippen molar-refractivity contribution in [3.63, 3.8) is 0 Å². The highest BCUT2D eigenvalue weighted by atomic mass is 19.1. The molecule has 0 bridgehead atoms. The third-order valence-electron chi connectivity index (χ3n) is 4.25. The lowest BCUT2D eigenvalue weighted by Gasteiger charge is -2.26. The maximum Gasteiger partial charge on any atom is 0.255 e. The maximum atomic E-state index is 13.3. The summed E-state index contributed by atoms with van der Waals surface area (Å²) >= 11 is 0. The summed E-state index contributed by atoms with van der Waals surface area (Å²) in [6.45, 7) is 3.23. The van der Waals surface area contributed by atoms with Crippen LogP contribution in [0.2, 0.25) is 0 Å². The standard InChI is InChI=1S/C13H18FN3O2/c1-8-6-17(7-13(8,18)9-3-4-9)12-15-5-10(14)11(16-12)19-2/h5,8-9,18H,3-4,6-7H2,1-2H3/t8-,13+/m1/s1. The van der Waals surface area contributed by atoms with Gasteiger partial charge in [-0.3, -0.25) is 0 Å². The van der Waals surface area contributed by atoms with E-state index in [0.29, 0.717) is 25.0 Å². The normalized spacial score (nSPS) is 30.7. The molecule has 0 aromatic carbocycles. The number of rotatable bonds is 3. The first-order valence-electron chi connectivity index (χ1n) is 6.58. The van der Waals surface area contributed by atoms with Crippen molar-refractivity contribution in [2.45, 2.75) is 25.4 Å². The molecule has 1 aromatic heterocycles. The van der Waals surface area contributed by atoms with E-state index in [0.717, 1.165) is 19.0 Å². The van der Waals surface area contributed by atoms with E-state index in [9.17, 15) is 9.50 Å². The van der Waals surface area contributed by atoms with Gasteiger partial charge in [0, 0.05) is 12.5 Å². The van der Waals surface area contributed by atoms with Crippen molar-refractivity contribution in [1.29, 1.82) is 0 Å². The molecule has 2 heterocycles. The Morgan fingerprint density at radius 3 is 2.89 bits per heavy atom. The molecule has 6 heteroatoms.